The third kappa shape index (κ3) is 6.83. The molecule has 1 aliphatic carbocycles. The Morgan fingerprint density at radius 3 is 2.18 bits per heavy atom. The van der Waals surface area contributed by atoms with Gasteiger partial charge in [0.1, 0.15) is 6.61 Å². The minimum absolute atomic E-state index is 0.00128. The van der Waals surface area contributed by atoms with Gasteiger partial charge in [-0.15, -0.1) is 0 Å². The lowest BCUT2D eigenvalue weighted by molar-refractivity contribution is -0.137. The van der Waals surface area contributed by atoms with Crippen LogP contribution in [-0.2, 0) is 14.3 Å². The van der Waals surface area contributed by atoms with Crippen LogP contribution in [-0.4, -0.2) is 41.8 Å². The first kappa shape index (κ1) is 25.3. The number of fused-ring (bicyclic) bond motifs is 3. The van der Waals surface area contributed by atoms with E-state index in [1.165, 1.54) is 11.1 Å². The summed E-state index contributed by atoms with van der Waals surface area (Å²) < 4.78 is 5.63. The molecule has 0 saturated heterocycles. The molecule has 0 bridgehead atoms. The van der Waals surface area contributed by atoms with Crippen LogP contribution >= 0.6 is 0 Å². The Kier molecular flexibility index (Phi) is 9.08. The summed E-state index contributed by atoms with van der Waals surface area (Å²) in [6.07, 6.45) is 2.43. The molecule has 0 spiro atoms. The summed E-state index contributed by atoms with van der Waals surface area (Å²) in [5.41, 5.74) is 4.63. The molecular weight excluding hydrogens is 432 g/mol. The van der Waals surface area contributed by atoms with E-state index in [-0.39, 0.29) is 43.4 Å². The lowest BCUT2D eigenvalue weighted by Crippen LogP contribution is -2.41. The fourth-order valence-electron chi connectivity index (χ4n) is 4.45. The van der Waals surface area contributed by atoms with Crippen molar-refractivity contribution in [2.24, 2.45) is 0 Å². The molecule has 7 nitrogen and oxygen atoms in total. The Labute approximate surface area is 200 Å². The van der Waals surface area contributed by atoms with Crippen LogP contribution in [0.2, 0.25) is 0 Å². The number of nitrogens with one attached hydrogen (secondary N) is 2. The molecule has 0 saturated carbocycles. The van der Waals surface area contributed by atoms with E-state index in [1.54, 1.807) is 6.92 Å². The number of amides is 2. The molecule has 2 atom stereocenters. The first-order chi connectivity index (χ1) is 16.4. The molecular formula is C27H34N2O5. The minimum atomic E-state index is -0.890. The summed E-state index contributed by atoms with van der Waals surface area (Å²) in [6, 6.07) is 15.7. The number of aliphatic carboxylic acids is 1. The van der Waals surface area contributed by atoms with E-state index in [2.05, 4.69) is 41.8 Å². The maximum atomic E-state index is 12.6. The van der Waals surface area contributed by atoms with Gasteiger partial charge in [-0.05, 0) is 42.0 Å². The lowest BCUT2D eigenvalue weighted by Gasteiger charge is -2.21. The van der Waals surface area contributed by atoms with Gasteiger partial charge in [0.15, 0.2) is 0 Å². The number of carboxylic acids is 1. The van der Waals surface area contributed by atoms with Crippen molar-refractivity contribution in [1.82, 2.24) is 10.6 Å². The molecule has 7 heteroatoms. The molecule has 0 aromatic heterocycles. The number of hydrogen-bond acceptors (Lipinski definition) is 4. The van der Waals surface area contributed by atoms with Crippen LogP contribution in [0.15, 0.2) is 48.5 Å². The number of carbonyl (C=O) groups is 3. The van der Waals surface area contributed by atoms with E-state index in [0.717, 1.165) is 24.0 Å². The molecule has 0 fully saturated rings. The van der Waals surface area contributed by atoms with Gasteiger partial charge in [-0.1, -0.05) is 68.3 Å². The van der Waals surface area contributed by atoms with Crippen molar-refractivity contribution in [3.8, 4) is 11.1 Å². The number of unbranched alkanes of at least 4 members (excludes halogenated alkanes) is 1. The molecule has 0 aliphatic heterocycles. The zero-order chi connectivity index (χ0) is 24.5. The standard InChI is InChI=1S/C27H34N2O5/c1-3-4-9-19(16-25(30)28-18(2)14-15-26(31)32)29-27(33)34-17-24-22-12-7-5-10-20(22)21-11-6-8-13-23(21)24/h5-8,10-13,18-19,24H,3-4,9,14-17H2,1-2H3,(H,28,30)(H,29,33)(H,31,32)/t18?,19-/m1/s1. The normalized spacial score (nSPS) is 13.9. The average molecular weight is 467 g/mol. The number of carbonyl (C=O) groups excluding carboxylic acids is 2. The number of rotatable bonds is 12. The molecule has 3 N–H and O–H groups in total. The molecule has 0 radical (unpaired) electrons. The highest BCUT2D eigenvalue weighted by Crippen LogP contribution is 2.44. The Morgan fingerprint density at radius 2 is 1.59 bits per heavy atom. The molecule has 34 heavy (non-hydrogen) atoms. The Hall–Kier alpha value is -3.35. The largest absolute Gasteiger partial charge is 0.481 e. The molecule has 182 valence electrons. The maximum Gasteiger partial charge on any atom is 0.407 e. The first-order valence-electron chi connectivity index (χ1n) is 12.0. The van der Waals surface area contributed by atoms with Crippen molar-refractivity contribution in [2.75, 3.05) is 6.61 Å². The number of carboxylic acid groups (broad SMARTS) is 1. The molecule has 1 unspecified atom stereocenters. The van der Waals surface area contributed by atoms with Crippen molar-refractivity contribution in [3.05, 3.63) is 59.7 Å². The second-order valence-electron chi connectivity index (χ2n) is 8.91. The van der Waals surface area contributed by atoms with Gasteiger partial charge in [-0.2, -0.15) is 0 Å². The summed E-state index contributed by atoms with van der Waals surface area (Å²) in [7, 11) is 0. The van der Waals surface area contributed by atoms with Gasteiger partial charge in [0.05, 0.1) is 0 Å². The second-order valence-corrected chi connectivity index (χ2v) is 8.91. The summed E-state index contributed by atoms with van der Waals surface area (Å²) >= 11 is 0. The Bertz CT molecular complexity index is 961. The Balaban J connectivity index is 1.56. The van der Waals surface area contributed by atoms with Crippen LogP contribution < -0.4 is 10.6 Å². The van der Waals surface area contributed by atoms with Gasteiger partial charge in [0.25, 0.3) is 0 Å². The van der Waals surface area contributed by atoms with Crippen LogP contribution in [0, 0.1) is 0 Å². The van der Waals surface area contributed by atoms with Crippen molar-refractivity contribution in [1.29, 1.82) is 0 Å². The molecule has 0 heterocycles. The van der Waals surface area contributed by atoms with Crippen molar-refractivity contribution < 1.29 is 24.2 Å². The van der Waals surface area contributed by atoms with E-state index in [4.69, 9.17) is 9.84 Å². The third-order valence-electron chi connectivity index (χ3n) is 6.20. The quantitative estimate of drug-likeness (QED) is 0.415. The van der Waals surface area contributed by atoms with Crippen LogP contribution in [0.4, 0.5) is 4.79 Å². The summed E-state index contributed by atoms with van der Waals surface area (Å²) in [5, 5.41) is 14.5. The average Bonchev–Trinajstić information content (AvgIpc) is 3.13. The van der Waals surface area contributed by atoms with Gasteiger partial charge in [-0.3, -0.25) is 9.59 Å². The number of hydrogen-bond donors (Lipinski definition) is 3. The van der Waals surface area contributed by atoms with Crippen LogP contribution in [0.1, 0.15) is 69.4 Å². The summed E-state index contributed by atoms with van der Waals surface area (Å²) in [5.74, 6) is -1.12. The zero-order valence-corrected chi connectivity index (χ0v) is 19.9. The van der Waals surface area contributed by atoms with E-state index in [0.29, 0.717) is 12.8 Å². The number of alkyl carbamates (subject to hydrolysis) is 1. The number of ether oxygens (including phenoxy) is 1. The molecule has 1 aliphatic rings. The fourth-order valence-corrected chi connectivity index (χ4v) is 4.45. The molecule has 3 rings (SSSR count). The molecule has 2 aromatic rings. The fraction of sp³-hybridized carbons (Fsp3) is 0.444. The highest BCUT2D eigenvalue weighted by molar-refractivity contribution is 5.79. The lowest BCUT2D eigenvalue weighted by atomic mass is 9.98. The highest BCUT2D eigenvalue weighted by atomic mass is 16.5. The predicted octanol–water partition coefficient (Wildman–Crippen LogP) is 4.84. The zero-order valence-electron chi connectivity index (χ0n) is 19.9. The van der Waals surface area contributed by atoms with Gasteiger partial charge >= 0.3 is 12.1 Å². The second kappa shape index (κ2) is 12.2. The van der Waals surface area contributed by atoms with Crippen LogP contribution in [0.5, 0.6) is 0 Å². The number of benzene rings is 2. The topological polar surface area (TPSA) is 105 Å². The van der Waals surface area contributed by atoms with Crippen molar-refractivity contribution in [3.63, 3.8) is 0 Å². The van der Waals surface area contributed by atoms with E-state index < -0.39 is 12.1 Å². The highest BCUT2D eigenvalue weighted by Gasteiger charge is 2.29. The molecule has 2 amide bonds. The minimum Gasteiger partial charge on any atom is -0.481 e. The van der Waals surface area contributed by atoms with Crippen LogP contribution in [0.3, 0.4) is 0 Å². The van der Waals surface area contributed by atoms with E-state index in [9.17, 15) is 14.4 Å². The molecule has 2 aromatic carbocycles. The van der Waals surface area contributed by atoms with Gasteiger partial charge in [0.2, 0.25) is 5.91 Å². The smallest absolute Gasteiger partial charge is 0.407 e. The van der Waals surface area contributed by atoms with Gasteiger partial charge in [0, 0.05) is 30.8 Å². The van der Waals surface area contributed by atoms with Crippen molar-refractivity contribution in [2.45, 2.75) is 70.4 Å². The third-order valence-corrected chi connectivity index (χ3v) is 6.20. The maximum absolute atomic E-state index is 12.6. The van der Waals surface area contributed by atoms with E-state index >= 15 is 0 Å². The summed E-state index contributed by atoms with van der Waals surface area (Å²) in [4.78, 5) is 35.8. The summed E-state index contributed by atoms with van der Waals surface area (Å²) in [6.45, 7) is 4.05. The van der Waals surface area contributed by atoms with Crippen molar-refractivity contribution >= 4 is 18.0 Å². The first-order valence-corrected chi connectivity index (χ1v) is 12.0. The van der Waals surface area contributed by atoms with E-state index in [1.807, 2.05) is 24.3 Å². The Morgan fingerprint density at radius 1 is 0.971 bits per heavy atom. The predicted molar refractivity (Wildman–Crippen MR) is 131 cm³/mol. The monoisotopic (exact) mass is 466 g/mol. The van der Waals surface area contributed by atoms with Gasteiger partial charge < -0.3 is 20.5 Å². The SMILES string of the molecule is CCCC[C@H](CC(=O)NC(C)CCC(=O)O)NC(=O)OCC1c2ccccc2-c2ccccc21. The van der Waals surface area contributed by atoms with Gasteiger partial charge in [-0.25, -0.2) is 4.79 Å². The van der Waals surface area contributed by atoms with Crippen LogP contribution in [0.25, 0.3) is 11.1 Å².